The summed E-state index contributed by atoms with van der Waals surface area (Å²) < 4.78 is 2.16. The molecule has 0 amide bonds. The molecule has 1 N–H and O–H groups in total. The Hall–Kier alpha value is -1.16. The summed E-state index contributed by atoms with van der Waals surface area (Å²) in [6.07, 6.45) is 5.36. The van der Waals surface area contributed by atoms with E-state index in [2.05, 4.69) is 14.9 Å². The van der Waals surface area contributed by atoms with Gasteiger partial charge in [0, 0.05) is 13.0 Å². The molecule has 1 aliphatic carbocycles. The monoisotopic (exact) mass is 205 g/mol. The summed E-state index contributed by atoms with van der Waals surface area (Å²) in [7, 11) is 0. The van der Waals surface area contributed by atoms with Gasteiger partial charge in [0.2, 0.25) is 0 Å². The summed E-state index contributed by atoms with van der Waals surface area (Å²) in [4.78, 5) is 15.8. The topological polar surface area (TPSA) is 46.9 Å². The minimum Gasteiger partial charge on any atom is -0.320 e. The van der Waals surface area contributed by atoms with Crippen LogP contribution in [0.5, 0.6) is 0 Å². The molecule has 2 aliphatic rings. The zero-order valence-corrected chi connectivity index (χ0v) is 8.86. The lowest BCUT2D eigenvalue weighted by Crippen LogP contribution is -2.40. The van der Waals surface area contributed by atoms with Gasteiger partial charge in [-0.15, -0.1) is 0 Å². The summed E-state index contributed by atoms with van der Waals surface area (Å²) in [5.74, 6) is 1.14. The molecule has 2 heterocycles. The summed E-state index contributed by atoms with van der Waals surface area (Å²) in [6.45, 7) is 2.42. The fourth-order valence-electron chi connectivity index (χ4n) is 2.87. The Labute approximate surface area is 88.7 Å². The molecule has 2 atom stereocenters. The van der Waals surface area contributed by atoms with Gasteiger partial charge in [-0.25, -0.2) is 4.98 Å². The number of aromatic nitrogens is 2. The average Bonchev–Trinajstić information content (AvgIpc) is 2.82. The second kappa shape index (κ2) is 3.17. The van der Waals surface area contributed by atoms with E-state index >= 15 is 0 Å². The first-order valence-corrected chi connectivity index (χ1v) is 5.58. The van der Waals surface area contributed by atoms with E-state index in [-0.39, 0.29) is 5.78 Å². The number of imidazole rings is 1. The van der Waals surface area contributed by atoms with E-state index in [0.29, 0.717) is 12.1 Å². The molecule has 80 valence electrons. The maximum atomic E-state index is 11.5. The van der Waals surface area contributed by atoms with Crippen molar-refractivity contribution in [3.05, 3.63) is 17.7 Å². The van der Waals surface area contributed by atoms with Crippen LogP contribution < -0.4 is 5.32 Å². The van der Waals surface area contributed by atoms with Crippen LogP contribution in [0, 0.1) is 0 Å². The van der Waals surface area contributed by atoms with Gasteiger partial charge in [0.25, 0.3) is 0 Å². The number of nitrogens with one attached hydrogen (secondary N) is 1. The van der Waals surface area contributed by atoms with Crippen LogP contribution in [0.3, 0.4) is 0 Å². The summed E-state index contributed by atoms with van der Waals surface area (Å²) in [5.41, 5.74) is 0.781. The second-order valence-electron chi connectivity index (χ2n) is 4.47. The van der Waals surface area contributed by atoms with E-state index in [4.69, 9.17) is 0 Å². The predicted molar refractivity (Wildman–Crippen MR) is 55.7 cm³/mol. The number of carbonyl (C=O) groups is 1. The second-order valence-corrected chi connectivity index (χ2v) is 4.47. The summed E-state index contributed by atoms with van der Waals surface area (Å²) in [6, 6.07) is 1.000. The van der Waals surface area contributed by atoms with Crippen LogP contribution in [0.25, 0.3) is 0 Å². The van der Waals surface area contributed by atoms with E-state index < -0.39 is 0 Å². The summed E-state index contributed by atoms with van der Waals surface area (Å²) >= 11 is 0. The van der Waals surface area contributed by atoms with Gasteiger partial charge in [-0.2, -0.15) is 0 Å². The molecule has 0 bridgehead atoms. The third-order valence-electron chi connectivity index (χ3n) is 3.57. The first-order chi connectivity index (χ1) is 7.27. The molecule has 1 aliphatic heterocycles. The molecule has 0 aromatic carbocycles. The van der Waals surface area contributed by atoms with Crippen LogP contribution in [0.4, 0.5) is 0 Å². The highest BCUT2D eigenvalue weighted by molar-refractivity contribution is 5.92. The number of hydrogen-bond donors (Lipinski definition) is 1. The Bertz CT molecular complexity index is 410. The number of Topliss-reactive ketones (excluding diaryl/α,β-unsaturated/α-hetero) is 1. The number of nitrogens with zero attached hydrogens (tertiary/aromatic N) is 2. The fraction of sp³-hybridized carbons (Fsp3) is 0.636. The number of fused-ring (bicyclic) bond motifs is 3. The summed E-state index contributed by atoms with van der Waals surface area (Å²) in [5, 5.41) is 3.49. The molecule has 0 unspecified atom stereocenters. The molecule has 15 heavy (non-hydrogen) atoms. The van der Waals surface area contributed by atoms with Crippen molar-refractivity contribution >= 4 is 5.78 Å². The number of rotatable bonds is 1. The van der Waals surface area contributed by atoms with Crippen LogP contribution in [0.15, 0.2) is 6.20 Å². The van der Waals surface area contributed by atoms with E-state index in [1.54, 1.807) is 13.1 Å². The minimum atomic E-state index is 0.126. The van der Waals surface area contributed by atoms with Crippen molar-refractivity contribution in [2.24, 2.45) is 0 Å². The Morgan fingerprint density at radius 3 is 3.27 bits per heavy atom. The number of ketones is 1. The molecule has 1 saturated carbocycles. The van der Waals surface area contributed by atoms with Crippen molar-refractivity contribution < 1.29 is 4.79 Å². The van der Waals surface area contributed by atoms with Gasteiger partial charge in [-0.3, -0.25) is 4.79 Å². The van der Waals surface area contributed by atoms with Gasteiger partial charge >= 0.3 is 0 Å². The van der Waals surface area contributed by atoms with Gasteiger partial charge in [0.05, 0.1) is 18.8 Å². The third kappa shape index (κ3) is 1.24. The number of hydrogen-bond acceptors (Lipinski definition) is 3. The smallest absolute Gasteiger partial charge is 0.177 e. The van der Waals surface area contributed by atoms with Crippen LogP contribution in [-0.4, -0.2) is 21.4 Å². The van der Waals surface area contributed by atoms with Crippen molar-refractivity contribution in [3.63, 3.8) is 0 Å². The largest absolute Gasteiger partial charge is 0.320 e. The molecule has 4 heteroatoms. The molecular weight excluding hydrogens is 190 g/mol. The molecule has 0 saturated heterocycles. The van der Waals surface area contributed by atoms with Gasteiger partial charge < -0.3 is 9.88 Å². The minimum absolute atomic E-state index is 0.126. The van der Waals surface area contributed by atoms with Crippen molar-refractivity contribution in [1.29, 1.82) is 0 Å². The quantitative estimate of drug-likeness (QED) is 0.702. The highest BCUT2D eigenvalue weighted by Crippen LogP contribution is 2.35. The Morgan fingerprint density at radius 2 is 2.47 bits per heavy atom. The Kier molecular flexibility index (Phi) is 1.92. The first kappa shape index (κ1) is 9.09. The lowest BCUT2D eigenvalue weighted by atomic mass is 10.1. The van der Waals surface area contributed by atoms with Crippen LogP contribution in [0.2, 0.25) is 0 Å². The highest BCUT2D eigenvalue weighted by Gasteiger charge is 2.35. The first-order valence-electron chi connectivity index (χ1n) is 5.58. The van der Waals surface area contributed by atoms with Crippen LogP contribution >= 0.6 is 0 Å². The molecule has 1 aromatic rings. The van der Waals surface area contributed by atoms with E-state index in [1.807, 2.05) is 0 Å². The van der Waals surface area contributed by atoms with Crippen LogP contribution in [0.1, 0.15) is 48.5 Å². The van der Waals surface area contributed by atoms with Crippen LogP contribution in [-0.2, 0) is 6.54 Å². The predicted octanol–water partition coefficient (Wildman–Crippen LogP) is 1.28. The van der Waals surface area contributed by atoms with Crippen molar-refractivity contribution in [3.8, 4) is 0 Å². The van der Waals surface area contributed by atoms with E-state index in [1.165, 1.54) is 19.3 Å². The van der Waals surface area contributed by atoms with Gasteiger partial charge in [-0.05, 0) is 19.3 Å². The third-order valence-corrected chi connectivity index (χ3v) is 3.57. The highest BCUT2D eigenvalue weighted by atomic mass is 16.1. The zero-order valence-electron chi connectivity index (χ0n) is 8.86. The SMILES string of the molecule is CC(=O)c1cnc2n1[C@@H]1CCC[C@@H]1NC2. The normalized spacial score (nSPS) is 28.6. The fourth-order valence-corrected chi connectivity index (χ4v) is 2.87. The zero-order chi connectivity index (χ0) is 10.4. The van der Waals surface area contributed by atoms with Gasteiger partial charge in [-0.1, -0.05) is 0 Å². The maximum absolute atomic E-state index is 11.5. The molecule has 1 fully saturated rings. The Morgan fingerprint density at radius 1 is 1.60 bits per heavy atom. The lowest BCUT2D eigenvalue weighted by molar-refractivity contribution is 0.1000. The van der Waals surface area contributed by atoms with E-state index in [0.717, 1.165) is 18.1 Å². The molecule has 4 nitrogen and oxygen atoms in total. The van der Waals surface area contributed by atoms with Gasteiger partial charge in [0.1, 0.15) is 11.5 Å². The Balaban J connectivity index is 2.09. The standard InChI is InChI=1S/C11H15N3O/c1-7(15)10-5-13-11-6-12-8-3-2-4-9(8)14(10)11/h5,8-9,12H,2-4,6H2,1H3/t8-,9+/m0/s1. The lowest BCUT2D eigenvalue weighted by Gasteiger charge is -2.30. The molecule has 3 rings (SSSR count). The molecule has 1 aromatic heterocycles. The molecular formula is C11H15N3O. The molecule has 0 radical (unpaired) electrons. The number of carbonyl (C=O) groups excluding carboxylic acids is 1. The maximum Gasteiger partial charge on any atom is 0.177 e. The van der Waals surface area contributed by atoms with Gasteiger partial charge in [0.15, 0.2) is 5.78 Å². The van der Waals surface area contributed by atoms with Crippen molar-refractivity contribution in [2.75, 3.05) is 0 Å². The average molecular weight is 205 g/mol. The van der Waals surface area contributed by atoms with Crippen molar-refractivity contribution in [1.82, 2.24) is 14.9 Å². The van der Waals surface area contributed by atoms with E-state index in [9.17, 15) is 4.79 Å². The van der Waals surface area contributed by atoms with Crippen molar-refractivity contribution in [2.45, 2.75) is 44.8 Å². The molecule has 0 spiro atoms.